The summed E-state index contributed by atoms with van der Waals surface area (Å²) >= 11 is 0. The maximum atomic E-state index is 13.5. The van der Waals surface area contributed by atoms with Crippen LogP contribution in [-0.4, -0.2) is 63.4 Å². The summed E-state index contributed by atoms with van der Waals surface area (Å²) in [6, 6.07) is 1.72. The third-order valence-corrected chi connectivity index (χ3v) is 4.50. The summed E-state index contributed by atoms with van der Waals surface area (Å²) in [4.78, 5) is 40.1. The van der Waals surface area contributed by atoms with Crippen molar-refractivity contribution in [3.05, 3.63) is 29.3 Å². The number of aliphatic hydroxyl groups is 1. The molecule has 3 amide bonds. The van der Waals surface area contributed by atoms with Crippen LogP contribution in [0.1, 0.15) is 65.6 Å². The molecule has 0 saturated carbocycles. The minimum atomic E-state index is -1.34. The van der Waals surface area contributed by atoms with E-state index < -0.39 is 48.2 Å². The molecule has 0 heterocycles. The number of aliphatic hydroxyl groups excluding tert-OH is 1. The number of nitrogens with zero attached hydrogens (tertiary/aromatic N) is 1. The Hall–Kier alpha value is -2.81. The van der Waals surface area contributed by atoms with Crippen molar-refractivity contribution in [1.29, 1.82) is 0 Å². The van der Waals surface area contributed by atoms with E-state index in [0.29, 0.717) is 5.56 Å². The summed E-state index contributed by atoms with van der Waals surface area (Å²) in [7, 11) is 0. The van der Waals surface area contributed by atoms with Gasteiger partial charge in [0.05, 0.1) is 6.61 Å². The van der Waals surface area contributed by atoms with Gasteiger partial charge in [0.1, 0.15) is 23.4 Å². The van der Waals surface area contributed by atoms with Gasteiger partial charge in [0.2, 0.25) is 11.8 Å². The van der Waals surface area contributed by atoms with E-state index in [2.05, 4.69) is 10.6 Å². The van der Waals surface area contributed by atoms with Crippen LogP contribution in [0.15, 0.2) is 18.2 Å². The topological polar surface area (TPSA) is 128 Å². The van der Waals surface area contributed by atoms with Gasteiger partial charge in [-0.1, -0.05) is 18.2 Å². The number of aromatic hydroxyl groups is 1. The number of nitrogens with one attached hydrogen (secondary N) is 2. The number of hydrogen-bond donors (Lipinski definition) is 4. The SMILES string of the molecule is Cc1cccc(C(C(=O)NC(C)C)N(C(=O)C(CO)NC(=O)OC(C)(C)C)C(C)C)c1O. The molecule has 4 N–H and O–H groups in total. The van der Waals surface area contributed by atoms with Crippen LogP contribution in [-0.2, 0) is 14.3 Å². The Morgan fingerprint density at radius 2 is 1.69 bits per heavy atom. The number of benzene rings is 1. The van der Waals surface area contributed by atoms with E-state index in [4.69, 9.17) is 4.74 Å². The van der Waals surface area contributed by atoms with Crippen molar-refractivity contribution in [2.45, 2.75) is 85.2 Å². The van der Waals surface area contributed by atoms with Crippen molar-refractivity contribution in [2.75, 3.05) is 6.61 Å². The van der Waals surface area contributed by atoms with Crippen molar-refractivity contribution < 1.29 is 29.3 Å². The summed E-state index contributed by atoms with van der Waals surface area (Å²) in [6.07, 6.45) is -0.866. The molecule has 1 rings (SSSR count). The zero-order valence-corrected chi connectivity index (χ0v) is 20.2. The first-order valence-corrected chi connectivity index (χ1v) is 10.7. The van der Waals surface area contributed by atoms with Gasteiger partial charge in [-0.05, 0) is 61.0 Å². The number of ether oxygens (including phenoxy) is 1. The van der Waals surface area contributed by atoms with Gasteiger partial charge in [-0.25, -0.2) is 4.79 Å². The molecule has 0 saturated heterocycles. The first kappa shape index (κ1) is 27.2. The van der Waals surface area contributed by atoms with Crippen LogP contribution in [0.25, 0.3) is 0 Å². The summed E-state index contributed by atoms with van der Waals surface area (Å²) in [5, 5.41) is 25.7. The number of phenols is 1. The van der Waals surface area contributed by atoms with Crippen LogP contribution < -0.4 is 10.6 Å². The highest BCUT2D eigenvalue weighted by molar-refractivity contribution is 5.93. The number of para-hydroxylation sites is 1. The van der Waals surface area contributed by atoms with Crippen molar-refractivity contribution in [1.82, 2.24) is 15.5 Å². The molecule has 9 nitrogen and oxygen atoms in total. The maximum absolute atomic E-state index is 13.5. The zero-order chi connectivity index (χ0) is 24.8. The third kappa shape index (κ3) is 7.40. The summed E-state index contributed by atoms with van der Waals surface area (Å²) in [5.74, 6) is -1.27. The average Bonchev–Trinajstić information content (AvgIpc) is 2.63. The molecule has 0 aliphatic heterocycles. The number of aryl methyl sites for hydroxylation is 1. The quantitative estimate of drug-likeness (QED) is 0.480. The number of hydrogen-bond acceptors (Lipinski definition) is 6. The van der Waals surface area contributed by atoms with Crippen molar-refractivity contribution in [2.24, 2.45) is 0 Å². The smallest absolute Gasteiger partial charge is 0.408 e. The highest BCUT2D eigenvalue weighted by atomic mass is 16.6. The van der Waals surface area contributed by atoms with Crippen molar-refractivity contribution in [3.63, 3.8) is 0 Å². The molecular weight excluding hydrogens is 414 g/mol. The summed E-state index contributed by atoms with van der Waals surface area (Å²) < 4.78 is 5.19. The predicted octanol–water partition coefficient (Wildman–Crippen LogP) is 2.39. The molecule has 0 aliphatic rings. The number of rotatable bonds is 8. The van der Waals surface area contributed by atoms with E-state index in [0.717, 1.165) is 0 Å². The molecule has 0 aromatic heterocycles. The van der Waals surface area contributed by atoms with Crippen LogP contribution in [0.3, 0.4) is 0 Å². The first-order valence-electron chi connectivity index (χ1n) is 10.7. The fourth-order valence-corrected chi connectivity index (χ4v) is 3.18. The first-order chi connectivity index (χ1) is 14.7. The largest absolute Gasteiger partial charge is 0.507 e. The number of phenolic OH excluding ortho intramolecular Hbond substituents is 1. The molecule has 1 aromatic rings. The fourth-order valence-electron chi connectivity index (χ4n) is 3.18. The molecule has 32 heavy (non-hydrogen) atoms. The fraction of sp³-hybridized carbons (Fsp3) is 0.609. The second-order valence-electron chi connectivity index (χ2n) is 9.30. The Morgan fingerprint density at radius 1 is 1.09 bits per heavy atom. The lowest BCUT2D eigenvalue weighted by Crippen LogP contribution is -2.56. The number of carbonyl (C=O) groups excluding carboxylic acids is 3. The van der Waals surface area contributed by atoms with E-state index in [9.17, 15) is 24.6 Å². The molecule has 2 unspecified atom stereocenters. The van der Waals surface area contributed by atoms with E-state index in [1.165, 1.54) is 4.90 Å². The molecule has 0 radical (unpaired) electrons. The maximum Gasteiger partial charge on any atom is 0.408 e. The third-order valence-electron chi connectivity index (χ3n) is 4.50. The lowest BCUT2D eigenvalue weighted by molar-refractivity contribution is -0.145. The normalized spacial score (nSPS) is 13.5. The minimum Gasteiger partial charge on any atom is -0.507 e. The van der Waals surface area contributed by atoms with Gasteiger partial charge in [-0.15, -0.1) is 0 Å². The standard InChI is InChI=1S/C23H37N3O6/c1-13(2)24-20(29)18(16-11-9-10-15(5)19(16)28)26(14(3)4)21(30)17(12-27)25-22(31)32-23(6,7)8/h9-11,13-14,17-18,27-28H,12H2,1-8H3,(H,24,29)(H,25,31). The molecular formula is C23H37N3O6. The lowest BCUT2D eigenvalue weighted by Gasteiger charge is -2.37. The van der Waals surface area contributed by atoms with E-state index in [1.807, 2.05) is 0 Å². The van der Waals surface area contributed by atoms with E-state index in [-0.39, 0.29) is 17.4 Å². The molecule has 0 bridgehead atoms. The average molecular weight is 452 g/mol. The van der Waals surface area contributed by atoms with Crippen molar-refractivity contribution in [3.8, 4) is 5.75 Å². The Balaban J connectivity index is 3.43. The number of amides is 3. The molecule has 9 heteroatoms. The van der Waals surface area contributed by atoms with Crippen LogP contribution in [0.5, 0.6) is 5.75 Å². The lowest BCUT2D eigenvalue weighted by atomic mass is 9.98. The van der Waals surface area contributed by atoms with Gasteiger partial charge in [0.25, 0.3) is 0 Å². The van der Waals surface area contributed by atoms with Gasteiger partial charge in [0.15, 0.2) is 0 Å². The summed E-state index contributed by atoms with van der Waals surface area (Å²) in [6.45, 7) is 13.0. The van der Waals surface area contributed by atoms with E-state index >= 15 is 0 Å². The van der Waals surface area contributed by atoms with Crippen molar-refractivity contribution >= 4 is 17.9 Å². The van der Waals surface area contributed by atoms with Crippen LogP contribution in [0.4, 0.5) is 4.79 Å². The number of carbonyl (C=O) groups is 3. The molecule has 1 aromatic carbocycles. The van der Waals surface area contributed by atoms with Crippen LogP contribution >= 0.6 is 0 Å². The zero-order valence-electron chi connectivity index (χ0n) is 20.2. The second-order valence-corrected chi connectivity index (χ2v) is 9.30. The minimum absolute atomic E-state index is 0.101. The van der Waals surface area contributed by atoms with Gasteiger partial charge >= 0.3 is 6.09 Å². The Morgan fingerprint density at radius 3 is 2.16 bits per heavy atom. The predicted molar refractivity (Wildman–Crippen MR) is 121 cm³/mol. The molecule has 0 aliphatic carbocycles. The van der Waals surface area contributed by atoms with Gasteiger partial charge in [-0.2, -0.15) is 0 Å². The van der Waals surface area contributed by atoms with E-state index in [1.54, 1.807) is 73.6 Å². The van der Waals surface area contributed by atoms with Gasteiger partial charge in [-0.3, -0.25) is 9.59 Å². The van der Waals surface area contributed by atoms with Crippen LogP contribution in [0, 0.1) is 6.92 Å². The Kier molecular flexibility index (Phi) is 9.51. The monoisotopic (exact) mass is 451 g/mol. The second kappa shape index (κ2) is 11.2. The van der Waals surface area contributed by atoms with Gasteiger partial charge < -0.3 is 30.5 Å². The molecule has 0 spiro atoms. The number of alkyl carbamates (subject to hydrolysis) is 1. The van der Waals surface area contributed by atoms with Gasteiger partial charge in [0, 0.05) is 17.6 Å². The molecule has 2 atom stereocenters. The Bertz CT molecular complexity index is 816. The van der Waals surface area contributed by atoms with Crippen LogP contribution in [0.2, 0.25) is 0 Å². The summed E-state index contributed by atoms with van der Waals surface area (Å²) in [5.41, 5.74) is 0.00325. The molecule has 0 fully saturated rings. The molecule has 180 valence electrons. The highest BCUT2D eigenvalue weighted by Crippen LogP contribution is 2.33. The highest BCUT2D eigenvalue weighted by Gasteiger charge is 2.39. The Labute approximate surface area is 190 Å².